The summed E-state index contributed by atoms with van der Waals surface area (Å²) in [5.41, 5.74) is 5.15. The molecule has 0 aliphatic rings. The molecular weight excluding hydrogens is 210 g/mol. The van der Waals surface area contributed by atoms with E-state index >= 15 is 0 Å². The van der Waals surface area contributed by atoms with Crippen LogP contribution in [0.15, 0.2) is 36.4 Å². The zero-order valence-corrected chi connectivity index (χ0v) is 9.86. The number of aromatic nitrogens is 3. The van der Waals surface area contributed by atoms with Gasteiger partial charge in [-0.15, -0.1) is 0 Å². The maximum atomic E-state index is 4.55. The van der Waals surface area contributed by atoms with Gasteiger partial charge in [-0.1, -0.05) is 12.1 Å². The van der Waals surface area contributed by atoms with E-state index in [1.807, 2.05) is 31.2 Å². The number of nitrogens with zero attached hydrogens (tertiary/aromatic N) is 2. The number of hydrogen-bond acceptors (Lipinski definition) is 2. The maximum absolute atomic E-state index is 4.55. The van der Waals surface area contributed by atoms with Crippen LogP contribution < -0.4 is 0 Å². The summed E-state index contributed by atoms with van der Waals surface area (Å²) in [6.07, 6.45) is 0. The molecule has 1 N–H and O–H groups in total. The first kappa shape index (κ1) is 10.0. The second-order valence-electron chi connectivity index (χ2n) is 4.27. The number of rotatable bonds is 1. The molecule has 0 unspecified atom stereocenters. The standard InChI is InChI=1S/C14H13N3/c1-9-6-7-11-13(8-9)17-14(16-11)12-5-3-4-10(2)15-12/h3-8H,1-2H3,(H,16,17). The third-order valence-electron chi connectivity index (χ3n) is 2.77. The Morgan fingerprint density at radius 1 is 1.00 bits per heavy atom. The molecule has 0 radical (unpaired) electrons. The first-order valence-corrected chi connectivity index (χ1v) is 5.63. The molecule has 1 aromatic carbocycles. The second kappa shape index (κ2) is 3.70. The minimum absolute atomic E-state index is 0.828. The molecule has 2 aromatic heterocycles. The molecule has 0 atom stereocenters. The predicted molar refractivity (Wildman–Crippen MR) is 68.8 cm³/mol. The molecule has 17 heavy (non-hydrogen) atoms. The van der Waals surface area contributed by atoms with Gasteiger partial charge in [-0.25, -0.2) is 9.97 Å². The highest BCUT2D eigenvalue weighted by atomic mass is 14.9. The van der Waals surface area contributed by atoms with Crippen molar-refractivity contribution in [2.75, 3.05) is 0 Å². The van der Waals surface area contributed by atoms with E-state index in [-0.39, 0.29) is 0 Å². The quantitative estimate of drug-likeness (QED) is 0.688. The number of benzene rings is 1. The Morgan fingerprint density at radius 2 is 1.88 bits per heavy atom. The lowest BCUT2D eigenvalue weighted by molar-refractivity contribution is 1.17. The van der Waals surface area contributed by atoms with Gasteiger partial charge in [0.25, 0.3) is 0 Å². The summed E-state index contributed by atoms with van der Waals surface area (Å²) in [5, 5.41) is 0. The van der Waals surface area contributed by atoms with Crippen molar-refractivity contribution in [2.45, 2.75) is 13.8 Å². The largest absolute Gasteiger partial charge is 0.337 e. The number of nitrogens with one attached hydrogen (secondary N) is 1. The van der Waals surface area contributed by atoms with Gasteiger partial charge in [-0.3, -0.25) is 0 Å². The number of hydrogen-bond donors (Lipinski definition) is 1. The highest BCUT2D eigenvalue weighted by Gasteiger charge is 2.06. The Bertz CT molecular complexity index is 683. The van der Waals surface area contributed by atoms with Crippen LogP contribution in [-0.4, -0.2) is 15.0 Å². The van der Waals surface area contributed by atoms with Gasteiger partial charge >= 0.3 is 0 Å². The summed E-state index contributed by atoms with van der Waals surface area (Å²) in [7, 11) is 0. The second-order valence-corrected chi connectivity index (χ2v) is 4.27. The fourth-order valence-electron chi connectivity index (χ4n) is 1.92. The Balaban J connectivity index is 2.18. The van der Waals surface area contributed by atoms with Crippen molar-refractivity contribution in [2.24, 2.45) is 0 Å². The van der Waals surface area contributed by atoms with Gasteiger partial charge in [0.1, 0.15) is 5.69 Å². The number of H-pyrrole nitrogens is 1. The third-order valence-corrected chi connectivity index (χ3v) is 2.77. The molecule has 0 aliphatic carbocycles. The zero-order valence-electron chi connectivity index (χ0n) is 9.86. The Morgan fingerprint density at radius 3 is 2.71 bits per heavy atom. The van der Waals surface area contributed by atoms with Gasteiger partial charge in [-0.05, 0) is 43.7 Å². The smallest absolute Gasteiger partial charge is 0.157 e. The van der Waals surface area contributed by atoms with Crippen molar-refractivity contribution in [1.82, 2.24) is 15.0 Å². The van der Waals surface area contributed by atoms with Crippen LogP contribution in [0.5, 0.6) is 0 Å². The van der Waals surface area contributed by atoms with Crippen molar-refractivity contribution in [3.05, 3.63) is 47.7 Å². The molecule has 3 nitrogen and oxygen atoms in total. The average Bonchev–Trinajstić information content (AvgIpc) is 2.72. The predicted octanol–water partition coefficient (Wildman–Crippen LogP) is 3.24. The molecule has 2 heterocycles. The van der Waals surface area contributed by atoms with E-state index in [0.29, 0.717) is 0 Å². The SMILES string of the molecule is Cc1ccc2nc(-c3cccc(C)n3)[nH]c2c1. The summed E-state index contributed by atoms with van der Waals surface area (Å²) >= 11 is 0. The third kappa shape index (κ3) is 1.80. The van der Waals surface area contributed by atoms with Crippen LogP contribution >= 0.6 is 0 Å². The minimum Gasteiger partial charge on any atom is -0.337 e. The monoisotopic (exact) mass is 223 g/mol. The van der Waals surface area contributed by atoms with Gasteiger partial charge in [0, 0.05) is 5.69 Å². The lowest BCUT2D eigenvalue weighted by Gasteiger charge is -1.96. The Kier molecular flexibility index (Phi) is 2.18. The number of pyridine rings is 1. The van der Waals surface area contributed by atoms with Crippen LogP contribution in [0.1, 0.15) is 11.3 Å². The van der Waals surface area contributed by atoms with Crippen LogP contribution in [0.2, 0.25) is 0 Å². The molecule has 0 amide bonds. The Hall–Kier alpha value is -2.16. The molecule has 3 aromatic rings. The molecule has 0 bridgehead atoms. The van der Waals surface area contributed by atoms with E-state index in [2.05, 4.69) is 34.0 Å². The number of aromatic amines is 1. The zero-order chi connectivity index (χ0) is 11.8. The van der Waals surface area contributed by atoms with Crippen LogP contribution in [0.3, 0.4) is 0 Å². The molecule has 0 spiro atoms. The summed E-state index contributed by atoms with van der Waals surface area (Å²) in [5.74, 6) is 0.828. The molecule has 0 aliphatic heterocycles. The maximum Gasteiger partial charge on any atom is 0.157 e. The van der Waals surface area contributed by atoms with E-state index in [9.17, 15) is 0 Å². The molecule has 0 saturated heterocycles. The molecule has 0 saturated carbocycles. The van der Waals surface area contributed by atoms with Crippen LogP contribution in [-0.2, 0) is 0 Å². The van der Waals surface area contributed by atoms with Gasteiger partial charge in [0.2, 0.25) is 0 Å². The number of aryl methyl sites for hydroxylation is 2. The first-order valence-electron chi connectivity index (χ1n) is 5.63. The van der Waals surface area contributed by atoms with Gasteiger partial charge < -0.3 is 4.98 Å². The van der Waals surface area contributed by atoms with Crippen LogP contribution in [0, 0.1) is 13.8 Å². The Labute approximate surface area is 99.5 Å². The van der Waals surface area contributed by atoms with Crippen molar-refractivity contribution >= 4 is 11.0 Å². The van der Waals surface area contributed by atoms with Crippen molar-refractivity contribution in [3.8, 4) is 11.5 Å². The topological polar surface area (TPSA) is 41.6 Å². The van der Waals surface area contributed by atoms with E-state index in [1.54, 1.807) is 0 Å². The first-order chi connectivity index (χ1) is 8.22. The van der Waals surface area contributed by atoms with Crippen LogP contribution in [0.25, 0.3) is 22.6 Å². The highest BCUT2D eigenvalue weighted by Crippen LogP contribution is 2.19. The molecule has 0 fully saturated rings. The lowest BCUT2D eigenvalue weighted by Crippen LogP contribution is -1.87. The molecular formula is C14H13N3. The molecule has 84 valence electrons. The summed E-state index contributed by atoms with van der Waals surface area (Å²) in [4.78, 5) is 12.3. The molecule has 3 heteroatoms. The van der Waals surface area contributed by atoms with Crippen molar-refractivity contribution < 1.29 is 0 Å². The summed E-state index contributed by atoms with van der Waals surface area (Å²) in [6, 6.07) is 12.1. The van der Waals surface area contributed by atoms with Gasteiger partial charge in [-0.2, -0.15) is 0 Å². The number of fused-ring (bicyclic) bond motifs is 1. The lowest BCUT2D eigenvalue weighted by atomic mass is 10.2. The van der Waals surface area contributed by atoms with Crippen LogP contribution in [0.4, 0.5) is 0 Å². The summed E-state index contributed by atoms with van der Waals surface area (Å²) < 4.78 is 0. The van der Waals surface area contributed by atoms with Gasteiger partial charge in [0.15, 0.2) is 5.82 Å². The fraction of sp³-hybridized carbons (Fsp3) is 0.143. The van der Waals surface area contributed by atoms with E-state index < -0.39 is 0 Å². The summed E-state index contributed by atoms with van der Waals surface area (Å²) in [6.45, 7) is 4.06. The average molecular weight is 223 g/mol. The van der Waals surface area contributed by atoms with Crippen molar-refractivity contribution in [1.29, 1.82) is 0 Å². The minimum atomic E-state index is 0.828. The van der Waals surface area contributed by atoms with E-state index in [0.717, 1.165) is 28.2 Å². The normalized spacial score (nSPS) is 10.9. The van der Waals surface area contributed by atoms with Crippen molar-refractivity contribution in [3.63, 3.8) is 0 Å². The highest BCUT2D eigenvalue weighted by molar-refractivity contribution is 5.79. The fourth-order valence-corrected chi connectivity index (χ4v) is 1.92. The van der Waals surface area contributed by atoms with E-state index in [4.69, 9.17) is 0 Å². The van der Waals surface area contributed by atoms with E-state index in [1.165, 1.54) is 5.56 Å². The number of imidazole rings is 1. The van der Waals surface area contributed by atoms with Gasteiger partial charge in [0.05, 0.1) is 11.0 Å². The molecule has 3 rings (SSSR count).